The van der Waals surface area contributed by atoms with Crippen LogP contribution < -0.4 is 10.1 Å². The predicted octanol–water partition coefficient (Wildman–Crippen LogP) is 6.06. The molecule has 0 atom stereocenters. The van der Waals surface area contributed by atoms with Crippen molar-refractivity contribution in [3.63, 3.8) is 0 Å². The van der Waals surface area contributed by atoms with Crippen LogP contribution in [0.2, 0.25) is 10.0 Å². The second-order valence-corrected chi connectivity index (χ2v) is 9.81. The standard InChI is InChI=1S/C23H21Cl2N5O2S2/c1-3-30-20(10-14-4-7-16(32-2)8-5-14)28-29-23(30)34-13-21(31)27-22-26-19(12-33-22)17-9-6-15(24)11-18(17)25/h4-9,11-12H,3,10,13H2,1-2H3,(H,26,27,31). The van der Waals surface area contributed by atoms with Gasteiger partial charge in [0.15, 0.2) is 10.3 Å². The molecule has 0 aliphatic rings. The monoisotopic (exact) mass is 533 g/mol. The molecule has 0 spiro atoms. The number of benzene rings is 2. The van der Waals surface area contributed by atoms with Crippen molar-refractivity contribution in [1.29, 1.82) is 0 Å². The van der Waals surface area contributed by atoms with Gasteiger partial charge >= 0.3 is 0 Å². The molecule has 0 aliphatic heterocycles. The predicted molar refractivity (Wildman–Crippen MR) is 138 cm³/mol. The molecule has 2 aromatic heterocycles. The highest BCUT2D eigenvalue weighted by molar-refractivity contribution is 7.99. The van der Waals surface area contributed by atoms with Crippen LogP contribution in [0.4, 0.5) is 5.13 Å². The normalized spacial score (nSPS) is 10.9. The lowest BCUT2D eigenvalue weighted by Crippen LogP contribution is -2.14. The lowest BCUT2D eigenvalue weighted by atomic mass is 10.1. The molecule has 11 heteroatoms. The van der Waals surface area contributed by atoms with Crippen molar-refractivity contribution in [2.45, 2.75) is 25.0 Å². The van der Waals surface area contributed by atoms with Crippen molar-refractivity contribution in [3.05, 3.63) is 69.3 Å². The highest BCUT2D eigenvalue weighted by atomic mass is 35.5. The van der Waals surface area contributed by atoms with Crippen LogP contribution in [0.15, 0.2) is 53.0 Å². The van der Waals surface area contributed by atoms with Gasteiger partial charge in [0.05, 0.1) is 23.6 Å². The summed E-state index contributed by atoms with van der Waals surface area (Å²) < 4.78 is 7.23. The van der Waals surface area contributed by atoms with Gasteiger partial charge in [-0.25, -0.2) is 4.98 Å². The number of amides is 1. The molecule has 0 unspecified atom stereocenters. The Morgan fingerprint density at radius 2 is 1.97 bits per heavy atom. The Morgan fingerprint density at radius 1 is 1.18 bits per heavy atom. The fourth-order valence-corrected chi connectivity index (χ4v) is 5.29. The Morgan fingerprint density at radius 3 is 2.68 bits per heavy atom. The summed E-state index contributed by atoms with van der Waals surface area (Å²) in [5.74, 6) is 1.68. The van der Waals surface area contributed by atoms with Crippen LogP contribution in [0.25, 0.3) is 11.3 Å². The van der Waals surface area contributed by atoms with Gasteiger partial charge < -0.3 is 14.6 Å². The van der Waals surface area contributed by atoms with E-state index in [1.54, 1.807) is 19.2 Å². The number of halogens is 2. The molecule has 0 saturated heterocycles. The number of hydrogen-bond donors (Lipinski definition) is 1. The molecule has 34 heavy (non-hydrogen) atoms. The minimum Gasteiger partial charge on any atom is -0.497 e. The van der Waals surface area contributed by atoms with Crippen molar-refractivity contribution in [2.75, 3.05) is 18.2 Å². The van der Waals surface area contributed by atoms with E-state index in [1.807, 2.05) is 47.2 Å². The minimum atomic E-state index is -0.171. The number of nitrogens with zero attached hydrogens (tertiary/aromatic N) is 4. The van der Waals surface area contributed by atoms with Crippen LogP contribution >= 0.6 is 46.3 Å². The number of ether oxygens (including phenoxy) is 1. The van der Waals surface area contributed by atoms with Gasteiger partial charge in [0.2, 0.25) is 5.91 Å². The molecule has 1 amide bonds. The fraction of sp³-hybridized carbons (Fsp3) is 0.217. The van der Waals surface area contributed by atoms with Crippen LogP contribution in [-0.2, 0) is 17.8 Å². The van der Waals surface area contributed by atoms with Crippen molar-refractivity contribution < 1.29 is 9.53 Å². The number of anilines is 1. The van der Waals surface area contributed by atoms with Gasteiger partial charge in [-0.1, -0.05) is 47.1 Å². The zero-order valence-electron chi connectivity index (χ0n) is 18.4. The molecule has 0 aliphatic carbocycles. The number of thioether (sulfide) groups is 1. The quantitative estimate of drug-likeness (QED) is 0.263. The number of carbonyl (C=O) groups is 1. The van der Waals surface area contributed by atoms with Crippen molar-refractivity contribution >= 4 is 57.3 Å². The topological polar surface area (TPSA) is 81.9 Å². The number of methoxy groups -OCH3 is 1. The number of rotatable bonds is 9. The number of thiazole rings is 1. The Balaban J connectivity index is 1.36. The maximum atomic E-state index is 12.5. The summed E-state index contributed by atoms with van der Waals surface area (Å²) in [6.07, 6.45) is 0.646. The summed E-state index contributed by atoms with van der Waals surface area (Å²) in [5, 5.41) is 15.6. The largest absolute Gasteiger partial charge is 0.497 e. The highest BCUT2D eigenvalue weighted by Gasteiger charge is 2.15. The average molecular weight is 534 g/mol. The summed E-state index contributed by atoms with van der Waals surface area (Å²) in [4.78, 5) is 17.0. The number of nitrogens with one attached hydrogen (secondary N) is 1. The molecule has 4 aromatic rings. The van der Waals surface area contributed by atoms with Gasteiger partial charge in [-0.05, 0) is 42.8 Å². The molecule has 176 valence electrons. The molecule has 2 aromatic carbocycles. The summed E-state index contributed by atoms with van der Waals surface area (Å²) in [6.45, 7) is 2.74. The van der Waals surface area contributed by atoms with E-state index in [2.05, 4.69) is 20.5 Å². The molecule has 4 rings (SSSR count). The van der Waals surface area contributed by atoms with E-state index in [0.29, 0.717) is 39.0 Å². The molecule has 0 bridgehead atoms. The van der Waals surface area contributed by atoms with Crippen molar-refractivity contribution in [3.8, 4) is 17.0 Å². The van der Waals surface area contributed by atoms with Crippen LogP contribution in [-0.4, -0.2) is 38.5 Å². The van der Waals surface area contributed by atoms with E-state index in [9.17, 15) is 4.79 Å². The lowest BCUT2D eigenvalue weighted by molar-refractivity contribution is -0.113. The molecule has 1 N–H and O–H groups in total. The lowest BCUT2D eigenvalue weighted by Gasteiger charge is -2.08. The maximum Gasteiger partial charge on any atom is 0.236 e. The summed E-state index contributed by atoms with van der Waals surface area (Å²) in [6, 6.07) is 13.1. The van der Waals surface area contributed by atoms with E-state index in [4.69, 9.17) is 27.9 Å². The van der Waals surface area contributed by atoms with Gasteiger partial charge in [-0.3, -0.25) is 4.79 Å². The van der Waals surface area contributed by atoms with Crippen LogP contribution in [0, 0.1) is 0 Å². The first-order chi connectivity index (χ1) is 16.5. The summed E-state index contributed by atoms with van der Waals surface area (Å²) in [5.41, 5.74) is 2.55. The highest BCUT2D eigenvalue weighted by Crippen LogP contribution is 2.32. The van der Waals surface area contributed by atoms with E-state index in [-0.39, 0.29) is 11.7 Å². The molecule has 0 radical (unpaired) electrons. The molecule has 0 fully saturated rings. The Bertz CT molecular complexity index is 1290. The summed E-state index contributed by atoms with van der Waals surface area (Å²) in [7, 11) is 1.64. The van der Waals surface area contributed by atoms with E-state index >= 15 is 0 Å². The zero-order chi connectivity index (χ0) is 24.1. The van der Waals surface area contributed by atoms with Crippen LogP contribution in [0.1, 0.15) is 18.3 Å². The van der Waals surface area contributed by atoms with Gasteiger partial charge in [-0.15, -0.1) is 21.5 Å². The second kappa shape index (κ2) is 11.2. The third-order valence-corrected chi connectivity index (χ3v) is 7.19. The number of aromatic nitrogens is 4. The summed E-state index contributed by atoms with van der Waals surface area (Å²) >= 11 is 14.9. The molecule has 0 saturated carbocycles. The first-order valence-corrected chi connectivity index (χ1v) is 13.0. The van der Waals surface area contributed by atoms with E-state index < -0.39 is 0 Å². The fourth-order valence-electron chi connectivity index (χ4n) is 3.24. The second-order valence-electron chi connectivity index (χ2n) is 7.17. The third-order valence-electron chi connectivity index (χ3n) is 4.92. The van der Waals surface area contributed by atoms with Crippen molar-refractivity contribution in [2.24, 2.45) is 0 Å². The Labute approximate surface area is 215 Å². The molecular formula is C23H21Cl2N5O2S2. The number of carbonyl (C=O) groups excluding carboxylic acids is 1. The first-order valence-electron chi connectivity index (χ1n) is 10.4. The third kappa shape index (κ3) is 5.90. The Kier molecular flexibility index (Phi) is 8.10. The van der Waals surface area contributed by atoms with Gasteiger partial charge in [0.1, 0.15) is 11.6 Å². The van der Waals surface area contributed by atoms with Crippen LogP contribution in [0.3, 0.4) is 0 Å². The average Bonchev–Trinajstić information content (AvgIpc) is 3.44. The maximum absolute atomic E-state index is 12.5. The molecule has 2 heterocycles. The van der Waals surface area contributed by atoms with E-state index in [1.165, 1.54) is 23.1 Å². The Hall–Kier alpha value is -2.59. The van der Waals surface area contributed by atoms with E-state index in [0.717, 1.165) is 22.7 Å². The van der Waals surface area contributed by atoms with Crippen molar-refractivity contribution in [1.82, 2.24) is 19.7 Å². The smallest absolute Gasteiger partial charge is 0.236 e. The van der Waals surface area contributed by atoms with Crippen LogP contribution in [0.5, 0.6) is 5.75 Å². The minimum absolute atomic E-state index is 0.171. The first kappa shape index (κ1) is 24.5. The SMILES string of the molecule is CCn1c(Cc2ccc(OC)cc2)nnc1SCC(=O)Nc1nc(-c2ccc(Cl)cc2Cl)cs1. The molecule has 7 nitrogen and oxygen atoms in total. The molecular weight excluding hydrogens is 513 g/mol. The van der Waals surface area contributed by atoms with Gasteiger partial charge in [0.25, 0.3) is 0 Å². The number of hydrogen-bond acceptors (Lipinski definition) is 7. The van der Waals surface area contributed by atoms with Gasteiger partial charge in [0, 0.05) is 28.9 Å². The van der Waals surface area contributed by atoms with Gasteiger partial charge in [-0.2, -0.15) is 0 Å². The zero-order valence-corrected chi connectivity index (χ0v) is 21.6.